The van der Waals surface area contributed by atoms with Crippen LogP contribution < -0.4 is 5.32 Å². The average molecular weight is 429 g/mol. The summed E-state index contributed by atoms with van der Waals surface area (Å²) < 4.78 is 5.24. The number of hydrogen-bond acceptors (Lipinski definition) is 7. The molecule has 0 unspecified atom stereocenters. The van der Waals surface area contributed by atoms with Crippen LogP contribution in [0.3, 0.4) is 0 Å². The Kier molecular flexibility index (Phi) is 6.03. The van der Waals surface area contributed by atoms with Crippen LogP contribution in [0.4, 0.5) is 5.13 Å². The van der Waals surface area contributed by atoms with Gasteiger partial charge in [-0.15, -0.1) is 23.1 Å². The van der Waals surface area contributed by atoms with Gasteiger partial charge in [0.25, 0.3) is 5.91 Å². The maximum absolute atomic E-state index is 13.0. The molecular weight excluding hydrogens is 404 g/mol. The smallest absolute Gasteiger partial charge is 0.258 e. The Labute approximate surface area is 178 Å². The first-order valence-electron chi connectivity index (χ1n) is 9.71. The lowest BCUT2D eigenvalue weighted by molar-refractivity contribution is 0.102. The number of thiazole rings is 1. The zero-order chi connectivity index (χ0) is 20.4. The van der Waals surface area contributed by atoms with Gasteiger partial charge >= 0.3 is 0 Å². The van der Waals surface area contributed by atoms with Crippen molar-refractivity contribution in [2.24, 2.45) is 0 Å². The lowest BCUT2D eigenvalue weighted by Crippen LogP contribution is -2.29. The van der Waals surface area contributed by atoms with Gasteiger partial charge in [0.2, 0.25) is 0 Å². The summed E-state index contributed by atoms with van der Waals surface area (Å²) >= 11 is 3.20. The largest absolute Gasteiger partial charge is 0.361 e. The van der Waals surface area contributed by atoms with Crippen molar-refractivity contribution < 1.29 is 9.32 Å². The van der Waals surface area contributed by atoms with Gasteiger partial charge in [0.05, 0.1) is 17.0 Å². The SMILES string of the molecule is CCN1CCc2nc(NC(=O)c3ccccc3SCc3c(C)noc3C)sc2C1. The van der Waals surface area contributed by atoms with Gasteiger partial charge in [-0.25, -0.2) is 4.98 Å². The van der Waals surface area contributed by atoms with Crippen molar-refractivity contribution in [1.29, 1.82) is 0 Å². The van der Waals surface area contributed by atoms with Crippen LogP contribution in [0.5, 0.6) is 0 Å². The second-order valence-corrected chi connectivity index (χ2v) is 9.15. The molecule has 0 bridgehead atoms. The molecule has 2 aromatic heterocycles. The van der Waals surface area contributed by atoms with Gasteiger partial charge in [-0.1, -0.05) is 24.2 Å². The van der Waals surface area contributed by atoms with Gasteiger partial charge in [-0.05, 0) is 32.5 Å². The van der Waals surface area contributed by atoms with E-state index in [1.807, 2.05) is 38.1 Å². The summed E-state index contributed by atoms with van der Waals surface area (Å²) in [5.41, 5.74) is 3.76. The standard InChI is InChI=1S/C21H24N4O2S2/c1-4-25-10-9-17-19(11-25)29-21(22-17)23-20(26)15-7-5-6-8-18(15)28-12-16-13(2)24-27-14(16)3/h5-8H,4,9-12H2,1-3H3,(H,22,23,26). The number of nitrogens with one attached hydrogen (secondary N) is 1. The van der Waals surface area contributed by atoms with Crippen molar-refractivity contribution in [2.45, 2.75) is 44.4 Å². The lowest BCUT2D eigenvalue weighted by Gasteiger charge is -2.23. The van der Waals surface area contributed by atoms with E-state index >= 15 is 0 Å². The Morgan fingerprint density at radius 1 is 1.34 bits per heavy atom. The molecule has 0 spiro atoms. The predicted octanol–water partition coefficient (Wildman–Crippen LogP) is 4.67. The van der Waals surface area contributed by atoms with E-state index in [0.717, 1.165) is 53.7 Å². The number of benzene rings is 1. The Bertz CT molecular complexity index is 1010. The van der Waals surface area contributed by atoms with Crippen LogP contribution in [0.25, 0.3) is 0 Å². The van der Waals surface area contributed by atoms with Crippen molar-refractivity contribution in [1.82, 2.24) is 15.0 Å². The van der Waals surface area contributed by atoms with E-state index < -0.39 is 0 Å². The Hall–Kier alpha value is -2.16. The van der Waals surface area contributed by atoms with Gasteiger partial charge in [0.1, 0.15) is 5.76 Å². The minimum atomic E-state index is -0.120. The summed E-state index contributed by atoms with van der Waals surface area (Å²) in [6.07, 6.45) is 0.944. The van der Waals surface area contributed by atoms with Gasteiger partial charge in [0.15, 0.2) is 5.13 Å². The fourth-order valence-corrected chi connectivity index (χ4v) is 5.62. The van der Waals surface area contributed by atoms with Crippen molar-refractivity contribution in [3.8, 4) is 0 Å². The van der Waals surface area contributed by atoms with Crippen molar-refractivity contribution in [3.63, 3.8) is 0 Å². The number of amides is 1. The highest BCUT2D eigenvalue weighted by Gasteiger charge is 2.21. The molecule has 1 N–H and O–H groups in total. The van der Waals surface area contributed by atoms with Crippen LogP contribution in [-0.4, -0.2) is 34.0 Å². The molecule has 0 fully saturated rings. The summed E-state index contributed by atoms with van der Waals surface area (Å²) in [6.45, 7) is 9.01. The minimum Gasteiger partial charge on any atom is -0.361 e. The first-order valence-corrected chi connectivity index (χ1v) is 11.5. The van der Waals surface area contributed by atoms with Gasteiger partial charge in [-0.3, -0.25) is 15.0 Å². The molecule has 29 heavy (non-hydrogen) atoms. The Morgan fingerprint density at radius 2 is 2.17 bits per heavy atom. The maximum Gasteiger partial charge on any atom is 0.258 e. The third-order valence-electron chi connectivity index (χ3n) is 5.16. The van der Waals surface area contributed by atoms with Gasteiger partial charge < -0.3 is 4.52 Å². The number of aromatic nitrogens is 2. The summed E-state index contributed by atoms with van der Waals surface area (Å²) in [4.78, 5) is 22.2. The third kappa shape index (κ3) is 4.39. The molecule has 0 aliphatic carbocycles. The monoisotopic (exact) mass is 428 g/mol. The number of fused-ring (bicyclic) bond motifs is 1. The van der Waals surface area contributed by atoms with Crippen molar-refractivity contribution in [3.05, 3.63) is 57.4 Å². The van der Waals surface area contributed by atoms with E-state index in [1.54, 1.807) is 23.1 Å². The number of hydrogen-bond donors (Lipinski definition) is 1. The fourth-order valence-electron chi connectivity index (χ4n) is 3.37. The fraction of sp³-hybridized carbons (Fsp3) is 0.381. The summed E-state index contributed by atoms with van der Waals surface area (Å²) in [7, 11) is 0. The third-order valence-corrected chi connectivity index (χ3v) is 7.26. The number of thioether (sulfide) groups is 1. The quantitative estimate of drug-likeness (QED) is 0.575. The molecule has 8 heteroatoms. The average Bonchev–Trinajstić information content (AvgIpc) is 3.27. The molecule has 0 radical (unpaired) electrons. The number of carbonyl (C=O) groups excluding carboxylic acids is 1. The molecule has 1 amide bonds. The normalized spacial score (nSPS) is 14.0. The van der Waals surface area contributed by atoms with Gasteiger partial charge in [0, 0.05) is 40.6 Å². The molecule has 1 aromatic carbocycles. The molecule has 4 rings (SSSR count). The highest BCUT2D eigenvalue weighted by atomic mass is 32.2. The summed E-state index contributed by atoms with van der Waals surface area (Å²) in [5, 5.41) is 7.70. The van der Waals surface area contributed by atoms with Crippen LogP contribution in [0.2, 0.25) is 0 Å². The van der Waals surface area contributed by atoms with E-state index in [-0.39, 0.29) is 5.91 Å². The first kappa shape index (κ1) is 20.1. The predicted molar refractivity (Wildman–Crippen MR) is 117 cm³/mol. The number of anilines is 1. The molecule has 1 aliphatic rings. The highest BCUT2D eigenvalue weighted by molar-refractivity contribution is 7.98. The molecule has 1 aliphatic heterocycles. The number of nitrogens with zero attached hydrogens (tertiary/aromatic N) is 3. The molecule has 0 saturated heterocycles. The second-order valence-electron chi connectivity index (χ2n) is 7.05. The van der Waals surface area contributed by atoms with Crippen LogP contribution in [0, 0.1) is 13.8 Å². The van der Waals surface area contributed by atoms with Crippen molar-refractivity contribution in [2.75, 3.05) is 18.4 Å². The van der Waals surface area contributed by atoms with E-state index in [9.17, 15) is 4.79 Å². The van der Waals surface area contributed by atoms with E-state index in [0.29, 0.717) is 16.4 Å². The number of rotatable bonds is 6. The van der Waals surface area contributed by atoms with Crippen LogP contribution in [0.1, 0.15) is 44.9 Å². The van der Waals surface area contributed by atoms with E-state index in [2.05, 4.69) is 27.3 Å². The number of aryl methyl sites for hydroxylation is 2. The van der Waals surface area contributed by atoms with Gasteiger partial charge in [-0.2, -0.15) is 0 Å². The number of carbonyl (C=O) groups is 1. The molecule has 0 atom stereocenters. The topological polar surface area (TPSA) is 71.3 Å². The second kappa shape index (κ2) is 8.69. The Balaban J connectivity index is 1.48. The zero-order valence-electron chi connectivity index (χ0n) is 16.8. The zero-order valence-corrected chi connectivity index (χ0v) is 18.5. The first-order chi connectivity index (χ1) is 14.0. The van der Waals surface area contributed by atoms with E-state index in [1.165, 1.54) is 4.88 Å². The Morgan fingerprint density at radius 3 is 2.93 bits per heavy atom. The highest BCUT2D eigenvalue weighted by Crippen LogP contribution is 2.31. The van der Waals surface area contributed by atoms with Crippen LogP contribution in [0.15, 0.2) is 33.7 Å². The summed E-state index contributed by atoms with van der Waals surface area (Å²) in [5.74, 6) is 1.42. The maximum atomic E-state index is 13.0. The van der Waals surface area contributed by atoms with Crippen LogP contribution in [-0.2, 0) is 18.7 Å². The lowest BCUT2D eigenvalue weighted by atomic mass is 10.2. The van der Waals surface area contributed by atoms with Crippen LogP contribution >= 0.6 is 23.1 Å². The molecule has 152 valence electrons. The molecule has 3 heterocycles. The number of likely N-dealkylation sites (N-methyl/N-ethyl adjacent to an activating group) is 1. The molecule has 3 aromatic rings. The molecule has 0 saturated carbocycles. The van der Waals surface area contributed by atoms with E-state index in [4.69, 9.17) is 4.52 Å². The summed E-state index contributed by atoms with van der Waals surface area (Å²) in [6, 6.07) is 7.68. The molecule has 6 nitrogen and oxygen atoms in total. The van der Waals surface area contributed by atoms with Crippen molar-refractivity contribution >= 4 is 34.1 Å². The minimum absolute atomic E-state index is 0.120. The molecular formula is C21H24N4O2S2.